The molecule has 0 saturated carbocycles. The van der Waals surface area contributed by atoms with E-state index in [0.29, 0.717) is 6.42 Å². The molecule has 16 heavy (non-hydrogen) atoms. The summed E-state index contributed by atoms with van der Waals surface area (Å²) in [7, 11) is 0. The maximum atomic E-state index is 10.5. The van der Waals surface area contributed by atoms with Crippen LogP contribution in [0.1, 0.15) is 24.0 Å². The fourth-order valence-corrected chi connectivity index (χ4v) is 1.60. The molecule has 1 N–H and O–H groups in total. The standard InChI is InChI=1S/C13H16O2S/c14-13(15)9-8-12-6-2-1-5-11(12)7-3-4-10-16/h1-3,5-7,16H,4,8-10H2,(H,14,15). The Labute approximate surface area is 101 Å². The first kappa shape index (κ1) is 12.8. The smallest absolute Gasteiger partial charge is 0.303 e. The average Bonchev–Trinajstić information content (AvgIpc) is 2.28. The first-order chi connectivity index (χ1) is 7.74. The number of carbonyl (C=O) groups is 1. The van der Waals surface area contributed by atoms with Crippen molar-refractivity contribution in [3.05, 3.63) is 41.5 Å². The first-order valence-corrected chi connectivity index (χ1v) is 5.94. The van der Waals surface area contributed by atoms with Crippen molar-refractivity contribution in [1.29, 1.82) is 0 Å². The predicted octanol–water partition coefficient (Wildman–Crippen LogP) is 3.04. The Balaban J connectivity index is 2.71. The highest BCUT2D eigenvalue weighted by atomic mass is 32.1. The Morgan fingerprint density at radius 1 is 1.38 bits per heavy atom. The third-order valence-electron chi connectivity index (χ3n) is 2.26. The second-order valence-corrected chi connectivity index (χ2v) is 3.95. The highest BCUT2D eigenvalue weighted by Crippen LogP contribution is 2.13. The van der Waals surface area contributed by atoms with Gasteiger partial charge in [0.05, 0.1) is 0 Å². The minimum Gasteiger partial charge on any atom is -0.481 e. The highest BCUT2D eigenvalue weighted by molar-refractivity contribution is 7.80. The predicted molar refractivity (Wildman–Crippen MR) is 69.9 cm³/mol. The van der Waals surface area contributed by atoms with Gasteiger partial charge in [-0.2, -0.15) is 12.6 Å². The van der Waals surface area contributed by atoms with E-state index in [0.717, 1.165) is 23.3 Å². The molecule has 0 heterocycles. The number of carboxylic acid groups (broad SMARTS) is 1. The number of rotatable bonds is 6. The lowest BCUT2D eigenvalue weighted by molar-refractivity contribution is -0.136. The van der Waals surface area contributed by atoms with Crippen LogP contribution in [0.5, 0.6) is 0 Å². The largest absolute Gasteiger partial charge is 0.481 e. The molecule has 0 fully saturated rings. The average molecular weight is 236 g/mol. The van der Waals surface area contributed by atoms with Gasteiger partial charge in [0.25, 0.3) is 0 Å². The molecule has 1 aromatic rings. The number of hydrogen-bond acceptors (Lipinski definition) is 2. The zero-order chi connectivity index (χ0) is 11.8. The van der Waals surface area contributed by atoms with Gasteiger partial charge in [-0.1, -0.05) is 36.4 Å². The van der Waals surface area contributed by atoms with Gasteiger partial charge < -0.3 is 5.11 Å². The molecule has 2 nitrogen and oxygen atoms in total. The van der Waals surface area contributed by atoms with Crippen molar-refractivity contribution >= 4 is 24.7 Å². The topological polar surface area (TPSA) is 37.3 Å². The van der Waals surface area contributed by atoms with E-state index in [-0.39, 0.29) is 6.42 Å². The van der Waals surface area contributed by atoms with Crippen LogP contribution >= 0.6 is 12.6 Å². The fraction of sp³-hybridized carbons (Fsp3) is 0.308. The summed E-state index contributed by atoms with van der Waals surface area (Å²) >= 11 is 4.13. The Morgan fingerprint density at radius 3 is 2.81 bits per heavy atom. The summed E-state index contributed by atoms with van der Waals surface area (Å²) < 4.78 is 0. The Kier molecular flexibility index (Phi) is 5.72. The van der Waals surface area contributed by atoms with Gasteiger partial charge in [-0.15, -0.1) is 0 Å². The molecule has 1 aromatic carbocycles. The SMILES string of the molecule is O=C(O)CCc1ccccc1C=CCCS. The zero-order valence-corrected chi connectivity index (χ0v) is 9.99. The molecule has 0 amide bonds. The molecule has 1 rings (SSSR count). The Morgan fingerprint density at radius 2 is 2.12 bits per heavy atom. The third-order valence-corrected chi connectivity index (χ3v) is 2.51. The minimum absolute atomic E-state index is 0.178. The Hall–Kier alpha value is -1.22. The van der Waals surface area contributed by atoms with Crippen molar-refractivity contribution in [2.75, 3.05) is 5.75 Å². The van der Waals surface area contributed by atoms with Crippen molar-refractivity contribution in [2.45, 2.75) is 19.3 Å². The third kappa shape index (κ3) is 4.53. The molecule has 0 aliphatic carbocycles. The lowest BCUT2D eigenvalue weighted by atomic mass is 10.0. The van der Waals surface area contributed by atoms with Crippen molar-refractivity contribution in [2.24, 2.45) is 0 Å². The molecule has 0 spiro atoms. The molecule has 0 aliphatic heterocycles. The van der Waals surface area contributed by atoms with Gasteiger partial charge in [-0.05, 0) is 29.7 Å². The van der Waals surface area contributed by atoms with Crippen LogP contribution in [0.4, 0.5) is 0 Å². The van der Waals surface area contributed by atoms with Crippen LogP contribution in [-0.4, -0.2) is 16.8 Å². The van der Waals surface area contributed by atoms with E-state index in [1.54, 1.807) is 0 Å². The molecule has 0 atom stereocenters. The summed E-state index contributed by atoms with van der Waals surface area (Å²) in [6.07, 6.45) is 5.78. The van der Waals surface area contributed by atoms with Crippen LogP contribution in [0.25, 0.3) is 6.08 Å². The summed E-state index contributed by atoms with van der Waals surface area (Å²) in [5, 5.41) is 8.65. The second kappa shape index (κ2) is 7.12. The van der Waals surface area contributed by atoms with Crippen LogP contribution in [0.15, 0.2) is 30.3 Å². The molecular formula is C13H16O2S. The molecule has 86 valence electrons. The van der Waals surface area contributed by atoms with Crippen LogP contribution in [0.2, 0.25) is 0 Å². The normalized spacial score (nSPS) is 10.8. The van der Waals surface area contributed by atoms with Crippen LogP contribution in [0.3, 0.4) is 0 Å². The zero-order valence-electron chi connectivity index (χ0n) is 9.10. The summed E-state index contributed by atoms with van der Waals surface area (Å²) in [6, 6.07) is 7.88. The van der Waals surface area contributed by atoms with Gasteiger partial charge in [0.2, 0.25) is 0 Å². The molecule has 3 heteroatoms. The number of aliphatic carboxylic acids is 1. The number of allylic oxidation sites excluding steroid dienone is 1. The highest BCUT2D eigenvalue weighted by Gasteiger charge is 2.01. The lowest BCUT2D eigenvalue weighted by Crippen LogP contribution is -1.98. The molecule has 0 aromatic heterocycles. The van der Waals surface area contributed by atoms with Gasteiger partial charge >= 0.3 is 5.97 Å². The van der Waals surface area contributed by atoms with Crippen molar-refractivity contribution in [3.8, 4) is 0 Å². The molecule has 0 bridgehead atoms. The molecular weight excluding hydrogens is 220 g/mol. The van der Waals surface area contributed by atoms with E-state index in [1.807, 2.05) is 30.3 Å². The van der Waals surface area contributed by atoms with E-state index in [9.17, 15) is 4.79 Å². The maximum Gasteiger partial charge on any atom is 0.303 e. The monoisotopic (exact) mass is 236 g/mol. The van der Waals surface area contributed by atoms with E-state index in [2.05, 4.69) is 18.7 Å². The number of aryl methyl sites for hydroxylation is 1. The summed E-state index contributed by atoms with van der Waals surface area (Å²) in [4.78, 5) is 10.5. The van der Waals surface area contributed by atoms with Gasteiger partial charge in [-0.3, -0.25) is 4.79 Å². The molecule has 0 radical (unpaired) electrons. The van der Waals surface area contributed by atoms with Gasteiger partial charge in [0, 0.05) is 6.42 Å². The van der Waals surface area contributed by atoms with Gasteiger partial charge in [-0.25, -0.2) is 0 Å². The van der Waals surface area contributed by atoms with E-state index < -0.39 is 5.97 Å². The molecule has 0 aliphatic rings. The fourth-order valence-electron chi connectivity index (χ4n) is 1.45. The summed E-state index contributed by atoms with van der Waals surface area (Å²) in [6.45, 7) is 0. The second-order valence-electron chi connectivity index (χ2n) is 3.51. The van der Waals surface area contributed by atoms with Crippen molar-refractivity contribution in [3.63, 3.8) is 0 Å². The van der Waals surface area contributed by atoms with Crippen molar-refractivity contribution in [1.82, 2.24) is 0 Å². The number of thiol groups is 1. The van der Waals surface area contributed by atoms with Crippen LogP contribution in [0, 0.1) is 0 Å². The maximum absolute atomic E-state index is 10.5. The first-order valence-electron chi connectivity index (χ1n) is 5.31. The van der Waals surface area contributed by atoms with Crippen molar-refractivity contribution < 1.29 is 9.90 Å². The lowest BCUT2D eigenvalue weighted by Gasteiger charge is -2.03. The minimum atomic E-state index is -0.755. The number of benzene rings is 1. The quantitative estimate of drug-likeness (QED) is 0.745. The van der Waals surface area contributed by atoms with Crippen LogP contribution in [-0.2, 0) is 11.2 Å². The Bertz CT molecular complexity index is 372. The summed E-state index contributed by atoms with van der Waals surface area (Å²) in [5.41, 5.74) is 2.19. The van der Waals surface area contributed by atoms with E-state index in [4.69, 9.17) is 5.11 Å². The van der Waals surface area contributed by atoms with Gasteiger partial charge in [0.1, 0.15) is 0 Å². The van der Waals surface area contributed by atoms with E-state index >= 15 is 0 Å². The van der Waals surface area contributed by atoms with Gasteiger partial charge in [0.15, 0.2) is 0 Å². The molecule has 0 unspecified atom stereocenters. The number of hydrogen-bond donors (Lipinski definition) is 2. The molecule has 0 saturated heterocycles. The van der Waals surface area contributed by atoms with Crippen LogP contribution < -0.4 is 0 Å². The van der Waals surface area contributed by atoms with E-state index in [1.165, 1.54) is 0 Å². The number of carboxylic acids is 1. The summed E-state index contributed by atoms with van der Waals surface area (Å²) in [5.74, 6) is 0.0718.